The van der Waals surface area contributed by atoms with Crippen LogP contribution in [0.3, 0.4) is 0 Å². The molecule has 0 radical (unpaired) electrons. The average Bonchev–Trinajstić information content (AvgIpc) is 2.52. The van der Waals surface area contributed by atoms with E-state index in [1.165, 1.54) is 18.2 Å². The van der Waals surface area contributed by atoms with E-state index in [2.05, 4.69) is 0 Å². The van der Waals surface area contributed by atoms with E-state index in [0.29, 0.717) is 19.4 Å². The Balaban J connectivity index is 1.89. The van der Waals surface area contributed by atoms with Crippen LogP contribution in [0.2, 0.25) is 0 Å². The lowest BCUT2D eigenvalue weighted by Crippen LogP contribution is -2.46. The number of carbonyl (C=O) groups is 1. The maximum Gasteiger partial charge on any atom is 0.405 e. The highest BCUT2D eigenvalue weighted by Gasteiger charge is 2.32. The second kappa shape index (κ2) is 7.94. The normalized spacial score (nSPS) is 20.6. The first-order chi connectivity index (χ1) is 11.3. The summed E-state index contributed by atoms with van der Waals surface area (Å²) in [7, 11) is 0. The van der Waals surface area contributed by atoms with Crippen molar-refractivity contribution in [3.8, 4) is 0 Å². The fraction of sp³-hybridized carbons (Fsp3) is 0.562. The molecule has 1 aliphatic heterocycles. The number of nitrogens with one attached hydrogen (secondary N) is 1. The molecule has 24 heavy (non-hydrogen) atoms. The van der Waals surface area contributed by atoms with Crippen LogP contribution in [0, 0.1) is 11.7 Å². The molecule has 1 fully saturated rings. The van der Waals surface area contributed by atoms with E-state index >= 15 is 0 Å². The van der Waals surface area contributed by atoms with Crippen molar-refractivity contribution in [1.29, 1.82) is 0 Å². The number of benzene rings is 1. The summed E-state index contributed by atoms with van der Waals surface area (Å²) in [4.78, 5) is 13.6. The molecule has 0 spiro atoms. The summed E-state index contributed by atoms with van der Waals surface area (Å²) < 4.78 is 50.2. The maximum atomic E-state index is 13.7. The van der Waals surface area contributed by atoms with Crippen molar-refractivity contribution in [2.24, 2.45) is 5.92 Å². The van der Waals surface area contributed by atoms with Crippen molar-refractivity contribution in [3.63, 3.8) is 0 Å². The zero-order chi connectivity index (χ0) is 17.7. The highest BCUT2D eigenvalue weighted by Crippen LogP contribution is 2.22. The van der Waals surface area contributed by atoms with Gasteiger partial charge in [0, 0.05) is 18.7 Å². The van der Waals surface area contributed by atoms with Crippen molar-refractivity contribution in [2.75, 3.05) is 26.2 Å². The summed E-state index contributed by atoms with van der Waals surface area (Å²) in [5.41, 5.74) is 0.168. The quantitative estimate of drug-likeness (QED) is 0.803. The standard InChI is InChI=1S/C16H20F4N2O2/c17-13-6-2-1-5-12(13)14(23)9-22-7-3-4-11(8-22)15(24)21-10-16(18,19)20/h1-2,5-6,11,14,23H,3-4,7-10H2,(H,21,24). The number of aliphatic hydroxyl groups is 1. The molecule has 8 heteroatoms. The monoisotopic (exact) mass is 348 g/mol. The number of halogens is 4. The lowest BCUT2D eigenvalue weighted by molar-refractivity contribution is -0.141. The summed E-state index contributed by atoms with van der Waals surface area (Å²) in [5.74, 6) is -1.71. The van der Waals surface area contributed by atoms with Crippen LogP contribution in [-0.4, -0.2) is 48.3 Å². The van der Waals surface area contributed by atoms with E-state index in [4.69, 9.17) is 0 Å². The Labute approximate surface area is 137 Å². The number of β-amino-alcohol motifs (C(OH)–C–C–N with tert-alkyl or cyclic N) is 1. The highest BCUT2D eigenvalue weighted by molar-refractivity contribution is 5.79. The molecule has 1 aromatic rings. The van der Waals surface area contributed by atoms with E-state index in [1.54, 1.807) is 11.0 Å². The van der Waals surface area contributed by atoms with E-state index < -0.39 is 36.5 Å². The molecule has 1 aliphatic rings. The summed E-state index contributed by atoms with van der Waals surface area (Å²) in [6, 6.07) is 5.87. The number of hydrogen-bond acceptors (Lipinski definition) is 3. The lowest BCUT2D eigenvalue weighted by atomic mass is 9.96. The van der Waals surface area contributed by atoms with Crippen molar-refractivity contribution < 1.29 is 27.5 Å². The van der Waals surface area contributed by atoms with Crippen molar-refractivity contribution in [2.45, 2.75) is 25.1 Å². The minimum atomic E-state index is -4.44. The van der Waals surface area contributed by atoms with E-state index in [0.717, 1.165) is 0 Å². The highest BCUT2D eigenvalue weighted by atomic mass is 19.4. The Hall–Kier alpha value is -1.67. The predicted octanol–water partition coefficient (Wildman–Crippen LogP) is 2.25. The Morgan fingerprint density at radius 1 is 1.38 bits per heavy atom. The molecule has 134 valence electrons. The minimum absolute atomic E-state index is 0.129. The third-order valence-corrected chi connectivity index (χ3v) is 4.03. The number of alkyl halides is 3. The van der Waals surface area contributed by atoms with Gasteiger partial charge in [-0.05, 0) is 25.5 Å². The molecule has 2 unspecified atom stereocenters. The number of piperidine rings is 1. The number of hydrogen-bond donors (Lipinski definition) is 2. The molecule has 0 aliphatic carbocycles. The van der Waals surface area contributed by atoms with Crippen LogP contribution in [0.5, 0.6) is 0 Å². The molecule has 0 aromatic heterocycles. The molecule has 1 aromatic carbocycles. The van der Waals surface area contributed by atoms with Crippen molar-refractivity contribution in [1.82, 2.24) is 10.2 Å². The molecular weight excluding hydrogens is 328 g/mol. The van der Waals surface area contributed by atoms with Gasteiger partial charge in [-0.25, -0.2) is 4.39 Å². The van der Waals surface area contributed by atoms with Gasteiger partial charge in [0.2, 0.25) is 5.91 Å². The van der Waals surface area contributed by atoms with Gasteiger partial charge in [0.05, 0.1) is 12.0 Å². The van der Waals surface area contributed by atoms with Crippen LogP contribution in [0.1, 0.15) is 24.5 Å². The van der Waals surface area contributed by atoms with Crippen molar-refractivity contribution >= 4 is 5.91 Å². The minimum Gasteiger partial charge on any atom is -0.387 e. The number of rotatable bonds is 5. The SMILES string of the molecule is O=C(NCC(F)(F)F)C1CCCN(CC(O)c2ccccc2F)C1. The Morgan fingerprint density at radius 2 is 2.08 bits per heavy atom. The van der Waals surface area contributed by atoms with Gasteiger partial charge in [0.1, 0.15) is 12.4 Å². The lowest BCUT2D eigenvalue weighted by Gasteiger charge is -2.33. The number of carbonyl (C=O) groups excluding carboxylic acids is 1. The first-order valence-corrected chi connectivity index (χ1v) is 7.75. The van der Waals surface area contributed by atoms with Gasteiger partial charge >= 0.3 is 6.18 Å². The van der Waals surface area contributed by atoms with Gasteiger partial charge in [0.25, 0.3) is 0 Å². The first kappa shape index (κ1) is 18.7. The van der Waals surface area contributed by atoms with Crippen LogP contribution >= 0.6 is 0 Å². The summed E-state index contributed by atoms with van der Waals surface area (Å²) in [5, 5.41) is 12.1. The first-order valence-electron chi connectivity index (χ1n) is 7.75. The molecule has 1 amide bonds. The molecule has 1 heterocycles. The second-order valence-corrected chi connectivity index (χ2v) is 5.97. The number of nitrogens with zero attached hydrogens (tertiary/aromatic N) is 1. The molecule has 0 saturated carbocycles. The van der Waals surface area contributed by atoms with E-state index in [1.807, 2.05) is 5.32 Å². The zero-order valence-corrected chi connectivity index (χ0v) is 13.0. The predicted molar refractivity (Wildman–Crippen MR) is 79.6 cm³/mol. The van der Waals surface area contributed by atoms with Gasteiger partial charge < -0.3 is 10.4 Å². The topological polar surface area (TPSA) is 52.6 Å². The fourth-order valence-corrected chi connectivity index (χ4v) is 2.86. The number of likely N-dealkylation sites (tertiary alicyclic amines) is 1. The molecular formula is C16H20F4N2O2. The summed E-state index contributed by atoms with van der Waals surface area (Å²) in [6.45, 7) is -0.367. The third-order valence-electron chi connectivity index (χ3n) is 4.03. The van der Waals surface area contributed by atoms with Gasteiger partial charge in [0.15, 0.2) is 0 Å². The van der Waals surface area contributed by atoms with E-state index in [-0.39, 0.29) is 18.7 Å². The summed E-state index contributed by atoms with van der Waals surface area (Å²) in [6.07, 6.45) is -4.36. The van der Waals surface area contributed by atoms with Gasteiger partial charge in [-0.1, -0.05) is 18.2 Å². The Kier molecular flexibility index (Phi) is 6.17. The Bertz CT molecular complexity index is 565. The number of aliphatic hydroxyl groups excluding tert-OH is 1. The molecule has 0 bridgehead atoms. The molecule has 1 saturated heterocycles. The van der Waals surface area contributed by atoms with Crippen LogP contribution in [0.15, 0.2) is 24.3 Å². The molecule has 2 atom stereocenters. The summed E-state index contributed by atoms with van der Waals surface area (Å²) >= 11 is 0. The fourth-order valence-electron chi connectivity index (χ4n) is 2.86. The largest absolute Gasteiger partial charge is 0.405 e. The van der Waals surface area contributed by atoms with Gasteiger partial charge in [-0.3, -0.25) is 9.69 Å². The second-order valence-electron chi connectivity index (χ2n) is 5.97. The van der Waals surface area contributed by atoms with Gasteiger partial charge in [-0.2, -0.15) is 13.2 Å². The zero-order valence-electron chi connectivity index (χ0n) is 13.0. The molecule has 4 nitrogen and oxygen atoms in total. The van der Waals surface area contributed by atoms with Crippen LogP contribution in [-0.2, 0) is 4.79 Å². The smallest absolute Gasteiger partial charge is 0.387 e. The van der Waals surface area contributed by atoms with Gasteiger partial charge in [-0.15, -0.1) is 0 Å². The van der Waals surface area contributed by atoms with Crippen LogP contribution < -0.4 is 5.32 Å². The average molecular weight is 348 g/mol. The van der Waals surface area contributed by atoms with Crippen LogP contribution in [0.25, 0.3) is 0 Å². The number of amides is 1. The van der Waals surface area contributed by atoms with Crippen LogP contribution in [0.4, 0.5) is 17.6 Å². The van der Waals surface area contributed by atoms with E-state index in [9.17, 15) is 27.5 Å². The maximum absolute atomic E-state index is 13.7. The molecule has 2 N–H and O–H groups in total. The third kappa shape index (κ3) is 5.45. The Morgan fingerprint density at radius 3 is 2.75 bits per heavy atom. The molecule has 2 rings (SSSR count). The van der Waals surface area contributed by atoms with Crippen molar-refractivity contribution in [3.05, 3.63) is 35.6 Å².